The highest BCUT2D eigenvalue weighted by molar-refractivity contribution is 5.71. The highest BCUT2D eigenvalue weighted by Gasteiger charge is 2.21. The van der Waals surface area contributed by atoms with E-state index in [0.29, 0.717) is 25.7 Å². The van der Waals surface area contributed by atoms with Gasteiger partial charge in [0.1, 0.15) is 12.4 Å². The Morgan fingerprint density at radius 1 is 1.54 bits per heavy atom. The highest BCUT2D eigenvalue weighted by Crippen LogP contribution is 2.15. The quantitative estimate of drug-likeness (QED) is 0.282. The molecule has 0 aliphatic carbocycles. The van der Waals surface area contributed by atoms with Crippen LogP contribution in [-0.2, 0) is 14.3 Å². The van der Waals surface area contributed by atoms with Crippen LogP contribution in [0.5, 0.6) is 0 Å². The Hall–Kier alpha value is -1.30. The predicted molar refractivity (Wildman–Crippen MR) is 46.8 cm³/mol. The lowest BCUT2D eigenvalue weighted by Crippen LogP contribution is -2.04. The Balaban J connectivity index is 2.13. The number of aldehydes is 1. The lowest BCUT2D eigenvalue weighted by molar-refractivity contribution is -0.141. The smallest absolute Gasteiger partial charge is 0.306 e. The molecular formula is C10H12O3. The second-order valence-corrected chi connectivity index (χ2v) is 2.91. The third kappa shape index (κ3) is 3.75. The van der Waals surface area contributed by atoms with Crippen molar-refractivity contribution in [1.29, 1.82) is 0 Å². The fourth-order valence-corrected chi connectivity index (χ4v) is 1.13. The summed E-state index contributed by atoms with van der Waals surface area (Å²) in [5.41, 5.74) is 0. The summed E-state index contributed by atoms with van der Waals surface area (Å²) in [6, 6.07) is 0. The summed E-state index contributed by atoms with van der Waals surface area (Å²) in [6.45, 7) is 0. The molecule has 1 unspecified atom stereocenters. The van der Waals surface area contributed by atoms with Crippen molar-refractivity contribution < 1.29 is 14.3 Å². The molecule has 0 aromatic rings. The predicted octanol–water partition coefficient (Wildman–Crippen LogP) is 1.06. The SMILES string of the molecule is O=CCCC#CCC1CCC(=O)O1. The molecule has 3 nitrogen and oxygen atoms in total. The summed E-state index contributed by atoms with van der Waals surface area (Å²) >= 11 is 0. The van der Waals surface area contributed by atoms with Crippen LogP contribution in [0, 0.1) is 11.8 Å². The lowest BCUT2D eigenvalue weighted by atomic mass is 10.2. The molecule has 1 aliphatic rings. The summed E-state index contributed by atoms with van der Waals surface area (Å²) in [4.78, 5) is 20.6. The minimum atomic E-state index is -0.125. The molecule has 0 bridgehead atoms. The summed E-state index contributed by atoms with van der Waals surface area (Å²) < 4.78 is 4.96. The maximum absolute atomic E-state index is 10.7. The third-order valence-electron chi connectivity index (χ3n) is 1.81. The first kappa shape index (κ1) is 9.79. The van der Waals surface area contributed by atoms with Crippen molar-refractivity contribution in [3.63, 3.8) is 0 Å². The zero-order valence-corrected chi connectivity index (χ0v) is 7.41. The summed E-state index contributed by atoms with van der Waals surface area (Å²) in [6.07, 6.45) is 3.81. The Morgan fingerprint density at radius 2 is 2.38 bits per heavy atom. The zero-order chi connectivity index (χ0) is 9.52. The van der Waals surface area contributed by atoms with Gasteiger partial charge in [-0.2, -0.15) is 0 Å². The van der Waals surface area contributed by atoms with E-state index >= 15 is 0 Å². The van der Waals surface area contributed by atoms with E-state index in [1.165, 1.54) is 0 Å². The van der Waals surface area contributed by atoms with Gasteiger partial charge in [-0.1, -0.05) is 5.92 Å². The van der Waals surface area contributed by atoms with E-state index in [1.54, 1.807) is 0 Å². The number of carbonyl (C=O) groups is 2. The van der Waals surface area contributed by atoms with Gasteiger partial charge in [-0.15, -0.1) is 5.92 Å². The second-order valence-electron chi connectivity index (χ2n) is 2.91. The maximum atomic E-state index is 10.7. The number of cyclic esters (lactones) is 1. The van der Waals surface area contributed by atoms with E-state index in [2.05, 4.69) is 11.8 Å². The van der Waals surface area contributed by atoms with Gasteiger partial charge in [-0.3, -0.25) is 4.79 Å². The second kappa shape index (κ2) is 5.36. The topological polar surface area (TPSA) is 43.4 Å². The molecule has 70 valence electrons. The number of rotatable bonds is 3. The zero-order valence-electron chi connectivity index (χ0n) is 7.41. The van der Waals surface area contributed by atoms with Gasteiger partial charge in [0.05, 0.1) is 0 Å². The van der Waals surface area contributed by atoms with Crippen LogP contribution in [-0.4, -0.2) is 18.4 Å². The molecule has 0 aromatic heterocycles. The van der Waals surface area contributed by atoms with Gasteiger partial charge in [0.2, 0.25) is 0 Å². The Morgan fingerprint density at radius 3 is 3.00 bits per heavy atom. The van der Waals surface area contributed by atoms with Crippen molar-refractivity contribution in [2.45, 2.75) is 38.2 Å². The molecule has 0 saturated carbocycles. The van der Waals surface area contributed by atoms with Crippen LogP contribution in [0.1, 0.15) is 32.1 Å². The van der Waals surface area contributed by atoms with E-state index in [9.17, 15) is 9.59 Å². The Labute approximate surface area is 77.5 Å². The van der Waals surface area contributed by atoms with Gasteiger partial charge >= 0.3 is 5.97 Å². The third-order valence-corrected chi connectivity index (χ3v) is 1.81. The molecule has 3 heteroatoms. The van der Waals surface area contributed by atoms with Crippen LogP contribution in [0.15, 0.2) is 0 Å². The van der Waals surface area contributed by atoms with Gasteiger partial charge < -0.3 is 9.53 Å². The first-order chi connectivity index (χ1) is 6.33. The van der Waals surface area contributed by atoms with Gasteiger partial charge in [0, 0.05) is 25.7 Å². The molecule has 0 spiro atoms. The average Bonchev–Trinajstić information content (AvgIpc) is 2.51. The minimum absolute atomic E-state index is 0.0174. The molecule has 0 amide bonds. The molecule has 0 N–H and O–H groups in total. The normalized spacial score (nSPS) is 20.3. The average molecular weight is 180 g/mol. The van der Waals surface area contributed by atoms with Crippen LogP contribution >= 0.6 is 0 Å². The fraction of sp³-hybridized carbons (Fsp3) is 0.600. The van der Waals surface area contributed by atoms with Crippen molar-refractivity contribution in [2.75, 3.05) is 0 Å². The van der Waals surface area contributed by atoms with Crippen LogP contribution < -0.4 is 0 Å². The molecule has 13 heavy (non-hydrogen) atoms. The molecule has 1 aliphatic heterocycles. The summed E-state index contributed by atoms with van der Waals surface area (Å²) in [5.74, 6) is 5.63. The van der Waals surface area contributed by atoms with Crippen molar-refractivity contribution in [2.24, 2.45) is 0 Å². The molecule has 0 radical (unpaired) electrons. The molecule has 1 rings (SSSR count). The summed E-state index contributed by atoms with van der Waals surface area (Å²) in [5, 5.41) is 0. The number of ether oxygens (including phenoxy) is 1. The molecule has 1 atom stereocenters. The Bertz CT molecular complexity index is 247. The first-order valence-electron chi connectivity index (χ1n) is 4.42. The summed E-state index contributed by atoms with van der Waals surface area (Å²) in [7, 11) is 0. The number of hydrogen-bond acceptors (Lipinski definition) is 3. The number of unbranched alkanes of at least 4 members (excludes halogenated alkanes) is 1. The van der Waals surface area contributed by atoms with Crippen molar-refractivity contribution in [3.05, 3.63) is 0 Å². The number of esters is 1. The van der Waals surface area contributed by atoms with Gasteiger partial charge in [0.25, 0.3) is 0 Å². The van der Waals surface area contributed by atoms with E-state index in [0.717, 1.165) is 12.7 Å². The lowest BCUT2D eigenvalue weighted by Gasteiger charge is -2.01. The van der Waals surface area contributed by atoms with Crippen LogP contribution in [0.3, 0.4) is 0 Å². The maximum Gasteiger partial charge on any atom is 0.306 e. The van der Waals surface area contributed by atoms with Crippen molar-refractivity contribution >= 4 is 12.3 Å². The van der Waals surface area contributed by atoms with Gasteiger partial charge in [-0.25, -0.2) is 0 Å². The number of hydrogen-bond donors (Lipinski definition) is 0. The van der Waals surface area contributed by atoms with E-state index < -0.39 is 0 Å². The van der Waals surface area contributed by atoms with E-state index in [-0.39, 0.29) is 12.1 Å². The molecule has 1 fully saturated rings. The van der Waals surface area contributed by atoms with Crippen LogP contribution in [0.2, 0.25) is 0 Å². The molecule has 1 heterocycles. The number of carbonyl (C=O) groups excluding carboxylic acids is 2. The Kier molecular flexibility index (Phi) is 4.04. The molecule has 1 saturated heterocycles. The van der Waals surface area contributed by atoms with E-state index in [4.69, 9.17) is 4.74 Å². The minimum Gasteiger partial charge on any atom is -0.461 e. The van der Waals surface area contributed by atoms with Crippen molar-refractivity contribution in [3.8, 4) is 11.8 Å². The first-order valence-corrected chi connectivity index (χ1v) is 4.42. The largest absolute Gasteiger partial charge is 0.461 e. The molecular weight excluding hydrogens is 168 g/mol. The standard InChI is InChI=1S/C10H12O3/c11-8-4-2-1-3-5-9-6-7-10(12)13-9/h8-9H,2,4-7H2. The van der Waals surface area contributed by atoms with E-state index in [1.807, 2.05) is 0 Å². The van der Waals surface area contributed by atoms with Crippen molar-refractivity contribution in [1.82, 2.24) is 0 Å². The fourth-order valence-electron chi connectivity index (χ4n) is 1.13. The van der Waals surface area contributed by atoms with Crippen LogP contribution in [0.4, 0.5) is 0 Å². The van der Waals surface area contributed by atoms with Gasteiger partial charge in [0.15, 0.2) is 0 Å². The molecule has 0 aromatic carbocycles. The van der Waals surface area contributed by atoms with Gasteiger partial charge in [-0.05, 0) is 6.42 Å². The monoisotopic (exact) mass is 180 g/mol. The highest BCUT2D eigenvalue weighted by atomic mass is 16.5. The van der Waals surface area contributed by atoms with Crippen LogP contribution in [0.25, 0.3) is 0 Å².